The average molecular weight is 248 g/mol. The first-order valence-electron chi connectivity index (χ1n) is 3.08. The summed E-state index contributed by atoms with van der Waals surface area (Å²) in [6, 6.07) is 8.06. The Kier molecular flexibility index (Phi) is 18.0. The van der Waals surface area contributed by atoms with Crippen LogP contribution < -0.4 is 64.2 Å². The van der Waals surface area contributed by atoms with Gasteiger partial charge in [0.25, 0.3) is 0 Å². The predicted octanol–water partition coefficient (Wildman–Crippen LogP) is -6.60. The number of carbonyl (C=O) groups is 1. The molecule has 0 heterocycles. The zero-order valence-corrected chi connectivity index (χ0v) is 13.2. The topological polar surface area (TPSA) is 100 Å². The zero-order valence-electron chi connectivity index (χ0n) is 8.38. The van der Waals surface area contributed by atoms with Crippen molar-refractivity contribution in [2.75, 3.05) is 0 Å². The molecule has 0 bridgehead atoms. The molecule has 1 unspecified atom stereocenters. The van der Waals surface area contributed by atoms with E-state index in [1.165, 1.54) is 12.1 Å². The molecular weight excluding hydrogens is 242 g/mol. The van der Waals surface area contributed by atoms with Crippen LogP contribution in [0.2, 0.25) is 0 Å². The van der Waals surface area contributed by atoms with Gasteiger partial charge in [-0.3, -0.25) is 0 Å². The number of carboxylic acid groups (broad SMARTS) is 1. The van der Waals surface area contributed by atoms with Crippen LogP contribution in [0, 0.1) is 0 Å². The summed E-state index contributed by atoms with van der Waals surface area (Å²) in [4.78, 5) is 10.1. The van der Waals surface area contributed by atoms with E-state index in [1.54, 1.807) is 18.2 Å². The van der Waals surface area contributed by atoms with Crippen molar-refractivity contribution in [3.8, 4) is 0 Å². The number of benzene rings is 1. The molecule has 0 radical (unpaired) electrons. The summed E-state index contributed by atoms with van der Waals surface area (Å²) in [6.07, 6.45) is 0. The van der Waals surface area contributed by atoms with E-state index < -0.39 is 17.3 Å². The molecule has 0 amide bonds. The summed E-state index contributed by atoms with van der Waals surface area (Å²) in [7, 11) is 0. The zero-order chi connectivity index (χ0) is 10.3. The summed E-state index contributed by atoms with van der Waals surface area (Å²) >= 11 is -2.86. The second-order valence-corrected chi connectivity index (χ2v) is 2.30. The number of aromatic carboxylic acids is 1. The Balaban J connectivity index is -0.000000213. The quantitative estimate of drug-likeness (QED) is 0.393. The molecule has 0 fully saturated rings. The maximum atomic E-state index is 10.1. The Hall–Kier alpha value is 0.760. The van der Waals surface area contributed by atoms with Gasteiger partial charge in [0.15, 0.2) is 0 Å². The monoisotopic (exact) mass is 248 g/mol. The third kappa shape index (κ3) is 14.8. The summed E-state index contributed by atoms with van der Waals surface area (Å²) in [5.41, 5.74) is 0.220. The van der Waals surface area contributed by atoms with Crippen molar-refractivity contribution in [2.45, 2.75) is 0 Å². The number of carbonyl (C=O) groups excluding carboxylic acids is 1. The summed E-state index contributed by atoms with van der Waals surface area (Å²) in [5, 5.41) is 10.1. The van der Waals surface area contributed by atoms with Crippen molar-refractivity contribution in [2.24, 2.45) is 0 Å². The smallest absolute Gasteiger partial charge is 0.750 e. The van der Waals surface area contributed by atoms with Gasteiger partial charge in [0, 0.05) is 0 Å². The van der Waals surface area contributed by atoms with Crippen LogP contribution >= 0.6 is 0 Å². The Bertz CT molecular complexity index is 289. The van der Waals surface area contributed by atoms with Gasteiger partial charge in [-0.2, -0.15) is 0 Å². The molecule has 8 heteroatoms. The van der Waals surface area contributed by atoms with Crippen LogP contribution in [0.15, 0.2) is 30.3 Å². The van der Waals surface area contributed by atoms with Gasteiger partial charge in [0.05, 0.1) is 17.3 Å². The first kappa shape index (κ1) is 21.1. The summed E-state index contributed by atoms with van der Waals surface area (Å²) in [6.45, 7) is 0. The van der Waals surface area contributed by atoms with Gasteiger partial charge < -0.3 is 19.0 Å². The third-order valence-corrected chi connectivity index (χ3v) is 1.01. The molecule has 15 heavy (non-hydrogen) atoms. The van der Waals surface area contributed by atoms with Crippen molar-refractivity contribution in [3.05, 3.63) is 35.9 Å². The Morgan fingerprint density at radius 2 is 1.53 bits per heavy atom. The molecule has 1 N–H and O–H groups in total. The van der Waals surface area contributed by atoms with Crippen molar-refractivity contribution >= 4 is 17.3 Å². The molecule has 0 aromatic heterocycles. The van der Waals surface area contributed by atoms with Gasteiger partial charge in [-0.15, -0.1) is 0 Å². The number of carboxylic acids is 1. The normalized spacial score (nSPS) is 9.47. The van der Waals surface area contributed by atoms with Gasteiger partial charge in [-0.05, 0) is 5.56 Å². The van der Waals surface area contributed by atoms with E-state index in [0.717, 1.165) is 0 Å². The maximum absolute atomic E-state index is 10.1. The van der Waals surface area contributed by atoms with Crippen LogP contribution in [0.5, 0.6) is 0 Å². The fourth-order valence-corrected chi connectivity index (χ4v) is 0.574. The Morgan fingerprint density at radius 1 is 1.20 bits per heavy atom. The molecule has 1 rings (SSSR count). The van der Waals surface area contributed by atoms with Crippen LogP contribution in [0.3, 0.4) is 0 Å². The predicted molar refractivity (Wildman–Crippen MR) is 42.3 cm³/mol. The van der Waals surface area contributed by atoms with Crippen LogP contribution in [0.25, 0.3) is 0 Å². The standard InChI is InChI=1S/C7H6O2.2Na.H2O3S/c8-7(9)6-4-2-1-3-5-6;;;1-4(2)3/h1-5H,(H,8,9);;;(H2,1,2,3)/q;2*+1;/p-2. The van der Waals surface area contributed by atoms with E-state index in [4.69, 9.17) is 13.3 Å². The SMILES string of the molecule is O=C([O-])c1ccccc1.O=S([O-])O.[Na+].[Na+]. The fourth-order valence-electron chi connectivity index (χ4n) is 0.574. The minimum absolute atomic E-state index is 0. The van der Waals surface area contributed by atoms with E-state index >= 15 is 0 Å². The first-order chi connectivity index (χ1) is 6.04. The van der Waals surface area contributed by atoms with E-state index in [9.17, 15) is 9.90 Å². The third-order valence-electron chi connectivity index (χ3n) is 1.01. The van der Waals surface area contributed by atoms with Gasteiger partial charge in [0.1, 0.15) is 0 Å². The Labute approximate surface area is 134 Å². The first-order valence-corrected chi connectivity index (χ1v) is 4.12. The maximum Gasteiger partial charge on any atom is 1.00 e. The molecular formula is C7H6Na2O5S. The van der Waals surface area contributed by atoms with Crippen molar-refractivity contribution < 1.29 is 82.3 Å². The molecule has 0 aliphatic heterocycles. The molecule has 72 valence electrons. The van der Waals surface area contributed by atoms with E-state index in [2.05, 4.69) is 0 Å². The molecule has 1 aromatic rings. The van der Waals surface area contributed by atoms with Crippen LogP contribution in [0.4, 0.5) is 0 Å². The fraction of sp³-hybridized carbons (Fsp3) is 0. The molecule has 1 aromatic carbocycles. The number of hydrogen-bond donors (Lipinski definition) is 1. The van der Waals surface area contributed by atoms with Crippen LogP contribution in [-0.2, 0) is 11.4 Å². The molecule has 5 nitrogen and oxygen atoms in total. The molecule has 0 aliphatic carbocycles. The second-order valence-electron chi connectivity index (χ2n) is 1.87. The van der Waals surface area contributed by atoms with E-state index in [-0.39, 0.29) is 64.7 Å². The van der Waals surface area contributed by atoms with Crippen molar-refractivity contribution in [3.63, 3.8) is 0 Å². The molecule has 0 spiro atoms. The largest absolute Gasteiger partial charge is 1.00 e. The van der Waals surface area contributed by atoms with Gasteiger partial charge in [-0.1, -0.05) is 30.3 Å². The minimum Gasteiger partial charge on any atom is -0.750 e. The summed E-state index contributed by atoms with van der Waals surface area (Å²) in [5.74, 6) is -1.13. The van der Waals surface area contributed by atoms with Gasteiger partial charge >= 0.3 is 59.1 Å². The van der Waals surface area contributed by atoms with Crippen LogP contribution in [0.1, 0.15) is 10.4 Å². The molecule has 0 saturated carbocycles. The van der Waals surface area contributed by atoms with E-state index in [1.807, 2.05) is 0 Å². The second kappa shape index (κ2) is 12.8. The van der Waals surface area contributed by atoms with Crippen molar-refractivity contribution in [1.82, 2.24) is 0 Å². The minimum atomic E-state index is -2.86. The van der Waals surface area contributed by atoms with Gasteiger partial charge in [0.2, 0.25) is 0 Å². The average Bonchev–Trinajstić information content (AvgIpc) is 2.05. The molecule has 0 saturated heterocycles. The molecule has 0 aliphatic rings. The molecule has 1 atom stereocenters. The van der Waals surface area contributed by atoms with Crippen molar-refractivity contribution in [1.29, 1.82) is 0 Å². The number of rotatable bonds is 1. The number of hydrogen-bond acceptors (Lipinski definition) is 4. The summed E-state index contributed by atoms with van der Waals surface area (Å²) < 4.78 is 24.1. The van der Waals surface area contributed by atoms with E-state index in [0.29, 0.717) is 0 Å². The van der Waals surface area contributed by atoms with Gasteiger partial charge in [-0.25, -0.2) is 4.21 Å². The Morgan fingerprint density at radius 3 is 1.73 bits per heavy atom. The van der Waals surface area contributed by atoms with Crippen LogP contribution in [-0.4, -0.2) is 19.3 Å².